The third-order valence-corrected chi connectivity index (χ3v) is 3.56. The zero-order valence-electron chi connectivity index (χ0n) is 9.39. The van der Waals surface area contributed by atoms with Gasteiger partial charge in [0, 0.05) is 24.7 Å². The molecule has 0 unspecified atom stereocenters. The zero-order valence-corrected chi connectivity index (χ0v) is 10.2. The van der Waals surface area contributed by atoms with Gasteiger partial charge >= 0.3 is 5.97 Å². The topological polar surface area (TPSA) is 42.4 Å². The van der Waals surface area contributed by atoms with E-state index in [1.54, 1.807) is 17.5 Å². The molecule has 4 nitrogen and oxygen atoms in total. The molecule has 1 fully saturated rings. The Bertz CT molecular complexity index is 340. The number of hydrogen-bond donors (Lipinski definition) is 0. The van der Waals surface area contributed by atoms with Crippen molar-refractivity contribution in [2.24, 2.45) is 5.92 Å². The molecule has 1 aliphatic rings. The van der Waals surface area contributed by atoms with Crippen LogP contribution >= 0.6 is 11.3 Å². The van der Waals surface area contributed by atoms with Crippen LogP contribution in [0.25, 0.3) is 0 Å². The lowest BCUT2D eigenvalue weighted by molar-refractivity contribution is -0.148. The number of nitrogens with zero attached hydrogens (tertiary/aromatic N) is 2. The number of piperidine rings is 1. The Morgan fingerprint density at radius 2 is 2.62 bits per heavy atom. The molecular formula is C11H16N2O2S. The Balaban J connectivity index is 1.96. The number of carbonyl (C=O) groups is 1. The highest BCUT2D eigenvalue weighted by Gasteiger charge is 2.27. The number of aromatic nitrogens is 1. The Morgan fingerprint density at radius 3 is 3.31 bits per heavy atom. The van der Waals surface area contributed by atoms with E-state index in [4.69, 9.17) is 4.74 Å². The van der Waals surface area contributed by atoms with Gasteiger partial charge in [-0.1, -0.05) is 0 Å². The third-order valence-electron chi connectivity index (χ3n) is 2.73. The normalized spacial score (nSPS) is 20.8. The Labute approximate surface area is 99.2 Å². The summed E-state index contributed by atoms with van der Waals surface area (Å²) in [6.45, 7) is 4.04. The maximum atomic E-state index is 11.6. The van der Waals surface area contributed by atoms with E-state index in [-0.39, 0.29) is 11.9 Å². The average molecular weight is 240 g/mol. The predicted molar refractivity (Wildman–Crippen MR) is 63.7 cm³/mol. The van der Waals surface area contributed by atoms with E-state index in [9.17, 15) is 4.79 Å². The van der Waals surface area contributed by atoms with Crippen LogP contribution in [-0.2, 0) is 9.53 Å². The largest absolute Gasteiger partial charge is 0.466 e. The molecule has 0 amide bonds. The lowest BCUT2D eigenvalue weighted by Crippen LogP contribution is -2.39. The van der Waals surface area contributed by atoms with Gasteiger partial charge in [-0.05, 0) is 19.8 Å². The number of hydrogen-bond acceptors (Lipinski definition) is 5. The van der Waals surface area contributed by atoms with Crippen LogP contribution in [0.15, 0.2) is 11.6 Å². The molecule has 1 saturated heterocycles. The number of carbonyl (C=O) groups excluding carboxylic acids is 1. The summed E-state index contributed by atoms with van der Waals surface area (Å²) in [6.07, 6.45) is 3.76. The highest BCUT2D eigenvalue weighted by atomic mass is 32.1. The minimum absolute atomic E-state index is 0.0117. The van der Waals surface area contributed by atoms with E-state index in [1.807, 2.05) is 12.3 Å². The van der Waals surface area contributed by atoms with E-state index in [2.05, 4.69) is 9.88 Å². The van der Waals surface area contributed by atoms with E-state index in [1.165, 1.54) is 0 Å². The quantitative estimate of drug-likeness (QED) is 0.757. The maximum Gasteiger partial charge on any atom is 0.310 e. The van der Waals surface area contributed by atoms with Gasteiger partial charge in [-0.25, -0.2) is 4.98 Å². The van der Waals surface area contributed by atoms with Crippen molar-refractivity contribution in [2.45, 2.75) is 19.8 Å². The molecule has 0 aromatic carbocycles. The van der Waals surface area contributed by atoms with Crippen molar-refractivity contribution in [3.05, 3.63) is 11.6 Å². The molecule has 0 radical (unpaired) electrons. The van der Waals surface area contributed by atoms with Gasteiger partial charge in [-0.3, -0.25) is 4.79 Å². The molecule has 0 bridgehead atoms. The van der Waals surface area contributed by atoms with Crippen molar-refractivity contribution in [2.75, 3.05) is 24.6 Å². The second kappa shape index (κ2) is 5.30. The summed E-state index contributed by atoms with van der Waals surface area (Å²) in [5, 5.41) is 2.97. The van der Waals surface area contributed by atoms with E-state index in [0.717, 1.165) is 31.1 Å². The Morgan fingerprint density at radius 1 is 1.75 bits per heavy atom. The summed E-state index contributed by atoms with van der Waals surface area (Å²) in [6, 6.07) is 0. The molecule has 0 saturated carbocycles. The molecule has 1 aliphatic heterocycles. The number of esters is 1. The second-order valence-electron chi connectivity index (χ2n) is 3.85. The average Bonchev–Trinajstić information content (AvgIpc) is 2.83. The van der Waals surface area contributed by atoms with Crippen molar-refractivity contribution < 1.29 is 9.53 Å². The molecule has 0 N–H and O–H groups in total. The van der Waals surface area contributed by atoms with Crippen molar-refractivity contribution in [3.8, 4) is 0 Å². The number of rotatable bonds is 3. The lowest BCUT2D eigenvalue weighted by atomic mass is 9.99. The fourth-order valence-electron chi connectivity index (χ4n) is 1.98. The summed E-state index contributed by atoms with van der Waals surface area (Å²) in [7, 11) is 0. The molecule has 0 spiro atoms. The first-order valence-electron chi connectivity index (χ1n) is 5.62. The first-order valence-corrected chi connectivity index (χ1v) is 6.50. The van der Waals surface area contributed by atoms with Crippen LogP contribution in [0.1, 0.15) is 19.8 Å². The molecule has 1 atom stereocenters. The first-order chi connectivity index (χ1) is 7.81. The van der Waals surface area contributed by atoms with Gasteiger partial charge in [0.05, 0.1) is 12.5 Å². The number of thiazole rings is 1. The highest BCUT2D eigenvalue weighted by Crippen LogP contribution is 2.25. The summed E-state index contributed by atoms with van der Waals surface area (Å²) in [4.78, 5) is 18.1. The van der Waals surface area contributed by atoms with Crippen molar-refractivity contribution in [1.82, 2.24) is 4.98 Å². The monoisotopic (exact) mass is 240 g/mol. The van der Waals surface area contributed by atoms with Crippen molar-refractivity contribution in [3.63, 3.8) is 0 Å². The minimum atomic E-state index is -0.0660. The van der Waals surface area contributed by atoms with Crippen molar-refractivity contribution >= 4 is 22.4 Å². The van der Waals surface area contributed by atoms with Gasteiger partial charge in [0.25, 0.3) is 0 Å². The molecule has 16 heavy (non-hydrogen) atoms. The zero-order chi connectivity index (χ0) is 11.4. The standard InChI is InChI=1S/C11H16N2O2S/c1-2-15-10(14)9-4-3-6-13(8-9)11-12-5-7-16-11/h5,7,9H,2-4,6,8H2,1H3/t9-/m0/s1. The van der Waals surface area contributed by atoms with E-state index >= 15 is 0 Å². The van der Waals surface area contributed by atoms with Crippen LogP contribution < -0.4 is 4.90 Å². The Hall–Kier alpha value is -1.10. The molecular weight excluding hydrogens is 224 g/mol. The molecule has 1 aromatic heterocycles. The van der Waals surface area contributed by atoms with E-state index < -0.39 is 0 Å². The Kier molecular flexibility index (Phi) is 3.77. The van der Waals surface area contributed by atoms with Gasteiger partial charge in [-0.2, -0.15) is 0 Å². The van der Waals surface area contributed by atoms with Crippen LogP contribution in [0.3, 0.4) is 0 Å². The first kappa shape index (κ1) is 11.4. The molecule has 1 aromatic rings. The summed E-state index contributed by atoms with van der Waals surface area (Å²) in [5.41, 5.74) is 0. The highest BCUT2D eigenvalue weighted by molar-refractivity contribution is 7.13. The minimum Gasteiger partial charge on any atom is -0.466 e. The van der Waals surface area contributed by atoms with Crippen LogP contribution in [0.2, 0.25) is 0 Å². The van der Waals surface area contributed by atoms with Gasteiger partial charge in [0.1, 0.15) is 0 Å². The predicted octanol–water partition coefficient (Wildman–Crippen LogP) is 1.92. The summed E-state index contributed by atoms with van der Waals surface area (Å²) >= 11 is 1.62. The lowest BCUT2D eigenvalue weighted by Gasteiger charge is -2.31. The summed E-state index contributed by atoms with van der Waals surface area (Å²) in [5.74, 6) is -0.0543. The van der Waals surface area contributed by atoms with Crippen LogP contribution in [-0.4, -0.2) is 30.6 Å². The molecule has 2 heterocycles. The van der Waals surface area contributed by atoms with Crippen molar-refractivity contribution in [1.29, 1.82) is 0 Å². The second-order valence-corrected chi connectivity index (χ2v) is 4.72. The maximum absolute atomic E-state index is 11.6. The van der Waals surface area contributed by atoms with Crippen LogP contribution in [0.5, 0.6) is 0 Å². The van der Waals surface area contributed by atoms with Gasteiger partial charge < -0.3 is 9.64 Å². The molecule has 0 aliphatic carbocycles. The number of ether oxygens (including phenoxy) is 1. The van der Waals surface area contributed by atoms with Gasteiger partial charge in [0.15, 0.2) is 5.13 Å². The van der Waals surface area contributed by atoms with Gasteiger partial charge in [-0.15, -0.1) is 11.3 Å². The third kappa shape index (κ3) is 2.52. The van der Waals surface area contributed by atoms with E-state index in [0.29, 0.717) is 6.61 Å². The van der Waals surface area contributed by atoms with Crippen LogP contribution in [0.4, 0.5) is 5.13 Å². The molecule has 2 rings (SSSR count). The van der Waals surface area contributed by atoms with Gasteiger partial charge in [0.2, 0.25) is 0 Å². The fourth-order valence-corrected chi connectivity index (χ4v) is 2.66. The molecule has 88 valence electrons. The molecule has 5 heteroatoms. The van der Waals surface area contributed by atoms with Crippen LogP contribution in [0, 0.1) is 5.92 Å². The fraction of sp³-hybridized carbons (Fsp3) is 0.636. The smallest absolute Gasteiger partial charge is 0.310 e. The summed E-state index contributed by atoms with van der Waals surface area (Å²) < 4.78 is 5.06. The SMILES string of the molecule is CCOC(=O)[C@H]1CCCN(c2nccs2)C1. The number of anilines is 1.